The highest BCUT2D eigenvalue weighted by atomic mass is 32.2. The lowest BCUT2D eigenvalue weighted by Gasteiger charge is -2.19. The van der Waals surface area contributed by atoms with Gasteiger partial charge in [-0.25, -0.2) is 14.5 Å². The molecule has 1 aliphatic rings. The summed E-state index contributed by atoms with van der Waals surface area (Å²) < 4.78 is 53.4. The fraction of sp³-hybridized carbons (Fsp3) is 0.207. The SMILES string of the molecule is CCOc1ccccc1N1C(=O)CS/C1=N\C(=O)OCCc1ccc(-c2ncn(-c3ccc(OC(F)(F)F)cc3)n2)cc1. The number of para-hydroxylation sites is 2. The van der Waals surface area contributed by atoms with Crippen molar-refractivity contribution in [1.29, 1.82) is 0 Å². The van der Waals surface area contributed by atoms with Crippen molar-refractivity contribution in [3.63, 3.8) is 0 Å². The molecule has 3 aromatic carbocycles. The van der Waals surface area contributed by atoms with E-state index in [1.54, 1.807) is 24.3 Å². The smallest absolute Gasteiger partial charge is 0.492 e. The number of benzene rings is 3. The van der Waals surface area contributed by atoms with Gasteiger partial charge in [0.05, 0.1) is 30.3 Å². The van der Waals surface area contributed by atoms with E-state index < -0.39 is 12.5 Å². The van der Waals surface area contributed by atoms with Gasteiger partial charge < -0.3 is 14.2 Å². The maximum absolute atomic E-state index is 12.5. The molecule has 0 aliphatic carbocycles. The van der Waals surface area contributed by atoms with Crippen LogP contribution in [0.4, 0.5) is 23.7 Å². The van der Waals surface area contributed by atoms with Crippen LogP contribution in [-0.4, -0.2) is 57.3 Å². The molecule has 2 heterocycles. The zero-order chi connectivity index (χ0) is 30.4. The van der Waals surface area contributed by atoms with Crippen molar-refractivity contribution in [3.8, 4) is 28.6 Å². The number of alkyl halides is 3. The van der Waals surface area contributed by atoms with Crippen LogP contribution < -0.4 is 14.4 Å². The van der Waals surface area contributed by atoms with Gasteiger partial charge in [-0.3, -0.25) is 9.69 Å². The van der Waals surface area contributed by atoms with Crippen LogP contribution in [0.25, 0.3) is 17.1 Å². The molecule has 0 bridgehead atoms. The minimum absolute atomic E-state index is 0.0734. The summed E-state index contributed by atoms with van der Waals surface area (Å²) >= 11 is 1.15. The number of carbonyl (C=O) groups excluding carboxylic acids is 2. The minimum atomic E-state index is -4.76. The second-order valence-corrected chi connectivity index (χ2v) is 9.87. The Labute approximate surface area is 248 Å². The Morgan fingerprint density at radius 1 is 1.05 bits per heavy atom. The Bertz CT molecular complexity index is 1620. The summed E-state index contributed by atoms with van der Waals surface area (Å²) in [5.41, 5.74) is 2.64. The van der Waals surface area contributed by atoms with Crippen LogP contribution in [-0.2, 0) is 16.0 Å². The van der Waals surface area contributed by atoms with Crippen LogP contribution in [0, 0.1) is 0 Å². The molecule has 14 heteroatoms. The molecule has 0 radical (unpaired) electrons. The van der Waals surface area contributed by atoms with E-state index in [-0.39, 0.29) is 29.2 Å². The van der Waals surface area contributed by atoms with Crippen LogP contribution in [0.15, 0.2) is 84.1 Å². The van der Waals surface area contributed by atoms with Crippen molar-refractivity contribution < 1.29 is 37.0 Å². The predicted octanol–water partition coefficient (Wildman–Crippen LogP) is 6.05. The summed E-state index contributed by atoms with van der Waals surface area (Å²) in [5, 5.41) is 4.61. The highest BCUT2D eigenvalue weighted by molar-refractivity contribution is 8.15. The quantitative estimate of drug-likeness (QED) is 0.225. The maximum atomic E-state index is 12.5. The Balaban J connectivity index is 1.16. The second-order valence-electron chi connectivity index (χ2n) is 8.93. The van der Waals surface area contributed by atoms with Gasteiger partial charge in [0.25, 0.3) is 0 Å². The van der Waals surface area contributed by atoms with Gasteiger partial charge in [0.1, 0.15) is 17.8 Å². The zero-order valence-corrected chi connectivity index (χ0v) is 23.5. The molecule has 1 fully saturated rings. The van der Waals surface area contributed by atoms with Gasteiger partial charge in [-0.2, -0.15) is 4.99 Å². The molecule has 0 spiro atoms. The predicted molar refractivity (Wildman–Crippen MR) is 154 cm³/mol. The van der Waals surface area contributed by atoms with Gasteiger partial charge in [-0.1, -0.05) is 48.2 Å². The number of nitrogens with zero attached hydrogens (tertiary/aromatic N) is 5. The van der Waals surface area contributed by atoms with Gasteiger partial charge >= 0.3 is 12.5 Å². The number of halogens is 3. The number of amides is 2. The first-order valence-electron chi connectivity index (χ1n) is 13.0. The normalized spacial score (nSPS) is 14.3. The van der Waals surface area contributed by atoms with Crippen LogP contribution in [0.3, 0.4) is 0 Å². The number of aliphatic imine (C=N–C) groups is 1. The molecule has 0 unspecified atom stereocenters. The Hall–Kier alpha value is -4.85. The summed E-state index contributed by atoms with van der Waals surface area (Å²) in [6.07, 6.45) is -3.69. The van der Waals surface area contributed by atoms with Crippen LogP contribution in [0.2, 0.25) is 0 Å². The Morgan fingerprint density at radius 3 is 2.51 bits per heavy atom. The van der Waals surface area contributed by atoms with E-state index in [2.05, 4.69) is 19.8 Å². The monoisotopic (exact) mass is 611 g/mol. The lowest BCUT2D eigenvalue weighted by Crippen LogP contribution is -2.30. The number of carbonyl (C=O) groups is 2. The van der Waals surface area contributed by atoms with E-state index in [1.165, 1.54) is 40.2 Å². The summed E-state index contributed by atoms with van der Waals surface area (Å²) in [7, 11) is 0. The number of hydrogen-bond donors (Lipinski definition) is 0. The van der Waals surface area contributed by atoms with E-state index in [0.717, 1.165) is 22.9 Å². The number of hydrogen-bond acceptors (Lipinski definition) is 8. The fourth-order valence-electron chi connectivity index (χ4n) is 4.11. The van der Waals surface area contributed by atoms with Gasteiger partial charge in [0, 0.05) is 12.0 Å². The molecule has 222 valence electrons. The van der Waals surface area contributed by atoms with Gasteiger partial charge in [0.2, 0.25) is 5.91 Å². The number of ether oxygens (including phenoxy) is 3. The first-order chi connectivity index (χ1) is 20.7. The van der Waals surface area contributed by atoms with Crippen molar-refractivity contribution in [2.24, 2.45) is 4.99 Å². The lowest BCUT2D eigenvalue weighted by atomic mass is 10.1. The topological polar surface area (TPSA) is 108 Å². The average molecular weight is 612 g/mol. The molecular weight excluding hydrogens is 587 g/mol. The van der Waals surface area contributed by atoms with E-state index >= 15 is 0 Å². The third-order valence-electron chi connectivity index (χ3n) is 6.01. The van der Waals surface area contributed by atoms with E-state index in [0.29, 0.717) is 36.0 Å². The first kappa shape index (κ1) is 29.6. The molecule has 4 aromatic rings. The highest BCUT2D eigenvalue weighted by Gasteiger charge is 2.33. The van der Waals surface area contributed by atoms with E-state index in [9.17, 15) is 22.8 Å². The number of thioether (sulfide) groups is 1. The zero-order valence-electron chi connectivity index (χ0n) is 22.7. The number of aromatic nitrogens is 3. The Kier molecular flexibility index (Phi) is 8.95. The lowest BCUT2D eigenvalue weighted by molar-refractivity contribution is -0.274. The maximum Gasteiger partial charge on any atom is 0.573 e. The molecule has 43 heavy (non-hydrogen) atoms. The molecule has 10 nitrogen and oxygen atoms in total. The standard InChI is InChI=1S/C29H24F3N5O5S/c1-2-40-24-6-4-3-5-23(24)37-25(38)17-43-27(37)34-28(39)41-16-15-19-7-9-20(10-8-19)26-33-18-36(35-26)21-11-13-22(14-12-21)42-29(30,31)32/h3-14,18H,2,15-17H2,1H3/b34-27-. The van der Waals surface area contributed by atoms with Gasteiger partial charge in [0.15, 0.2) is 11.0 Å². The summed E-state index contributed by atoms with van der Waals surface area (Å²) in [6, 6.07) is 19.6. The summed E-state index contributed by atoms with van der Waals surface area (Å²) in [5.74, 6) is 0.541. The first-order valence-corrected chi connectivity index (χ1v) is 14.0. The highest BCUT2D eigenvalue weighted by Crippen LogP contribution is 2.34. The van der Waals surface area contributed by atoms with Crippen molar-refractivity contribution in [2.45, 2.75) is 19.7 Å². The van der Waals surface area contributed by atoms with Crippen molar-refractivity contribution in [1.82, 2.24) is 14.8 Å². The molecule has 2 amide bonds. The van der Waals surface area contributed by atoms with E-state index in [1.807, 2.05) is 31.2 Å². The fourth-order valence-corrected chi connectivity index (χ4v) is 4.96. The van der Waals surface area contributed by atoms with Crippen molar-refractivity contribution in [2.75, 3.05) is 23.9 Å². The van der Waals surface area contributed by atoms with Crippen LogP contribution in [0.1, 0.15) is 12.5 Å². The molecule has 1 saturated heterocycles. The minimum Gasteiger partial charge on any atom is -0.492 e. The largest absolute Gasteiger partial charge is 0.573 e. The molecular formula is C29H24F3N5O5S. The van der Waals surface area contributed by atoms with Gasteiger partial charge in [-0.15, -0.1) is 18.3 Å². The Morgan fingerprint density at radius 2 is 1.79 bits per heavy atom. The second kappa shape index (κ2) is 13.0. The third-order valence-corrected chi connectivity index (χ3v) is 6.94. The van der Waals surface area contributed by atoms with E-state index in [4.69, 9.17) is 9.47 Å². The third kappa shape index (κ3) is 7.52. The van der Waals surface area contributed by atoms with Crippen LogP contribution >= 0.6 is 11.8 Å². The molecule has 0 atom stereocenters. The number of rotatable bonds is 9. The van der Waals surface area contributed by atoms with Crippen LogP contribution in [0.5, 0.6) is 11.5 Å². The molecule has 1 aliphatic heterocycles. The average Bonchev–Trinajstić information content (AvgIpc) is 3.61. The number of amidine groups is 1. The summed E-state index contributed by atoms with van der Waals surface area (Å²) in [4.78, 5) is 34.7. The number of anilines is 1. The van der Waals surface area contributed by atoms with Gasteiger partial charge in [-0.05, 0) is 48.9 Å². The molecule has 1 aromatic heterocycles. The van der Waals surface area contributed by atoms with Crippen molar-refractivity contribution in [3.05, 3.63) is 84.7 Å². The molecule has 0 N–H and O–H groups in total. The van der Waals surface area contributed by atoms with Crippen molar-refractivity contribution >= 4 is 34.6 Å². The molecule has 5 rings (SSSR count). The summed E-state index contributed by atoms with van der Waals surface area (Å²) in [6.45, 7) is 2.33. The molecule has 0 saturated carbocycles.